The molecule has 0 bridgehead atoms. The molecular formula is C24H31N5O3S. The van der Waals surface area contributed by atoms with Gasteiger partial charge in [0.05, 0.1) is 18.0 Å². The standard InChI is InChI=1S/C24H31N5O3S/c1-14(2)18-9-7-16(4)12-21(18)32-13-22-27-28-24(29(22)25)33-17(5)23(30)26-19-11-15(3)8-10-20(19)31-6/h7-12,14,17H,13,25H2,1-6H3,(H,26,30). The van der Waals surface area contributed by atoms with Gasteiger partial charge in [0.15, 0.2) is 5.82 Å². The Kier molecular flexibility index (Phi) is 7.86. The molecule has 0 saturated heterocycles. The molecule has 0 aliphatic rings. The summed E-state index contributed by atoms with van der Waals surface area (Å²) in [6, 6.07) is 11.8. The lowest BCUT2D eigenvalue weighted by molar-refractivity contribution is -0.115. The van der Waals surface area contributed by atoms with Crippen molar-refractivity contribution >= 4 is 23.4 Å². The Bertz CT molecular complexity index is 1130. The van der Waals surface area contributed by atoms with Crippen LogP contribution in [0.3, 0.4) is 0 Å². The number of amides is 1. The van der Waals surface area contributed by atoms with Crippen molar-refractivity contribution in [2.24, 2.45) is 0 Å². The second kappa shape index (κ2) is 10.6. The van der Waals surface area contributed by atoms with E-state index in [2.05, 4.69) is 41.5 Å². The molecule has 1 atom stereocenters. The third kappa shape index (κ3) is 5.98. The van der Waals surface area contributed by atoms with Crippen molar-refractivity contribution in [3.8, 4) is 11.5 Å². The van der Waals surface area contributed by atoms with Gasteiger partial charge in [0, 0.05) is 0 Å². The topological polar surface area (TPSA) is 104 Å². The molecule has 2 aromatic carbocycles. The highest BCUT2D eigenvalue weighted by atomic mass is 32.2. The van der Waals surface area contributed by atoms with Gasteiger partial charge in [-0.25, -0.2) is 4.68 Å². The number of hydrogen-bond donors (Lipinski definition) is 2. The summed E-state index contributed by atoms with van der Waals surface area (Å²) in [7, 11) is 1.57. The van der Waals surface area contributed by atoms with E-state index < -0.39 is 5.25 Å². The predicted octanol–water partition coefficient (Wildman–Crippen LogP) is 4.44. The molecule has 0 spiro atoms. The van der Waals surface area contributed by atoms with Crippen molar-refractivity contribution in [3.63, 3.8) is 0 Å². The highest BCUT2D eigenvalue weighted by Crippen LogP contribution is 2.29. The lowest BCUT2D eigenvalue weighted by Gasteiger charge is -2.15. The van der Waals surface area contributed by atoms with Gasteiger partial charge in [0.1, 0.15) is 18.1 Å². The minimum absolute atomic E-state index is 0.175. The quantitative estimate of drug-likeness (QED) is 0.353. The first-order valence-electron chi connectivity index (χ1n) is 10.7. The van der Waals surface area contributed by atoms with E-state index in [1.165, 1.54) is 16.4 Å². The van der Waals surface area contributed by atoms with Crippen LogP contribution < -0.4 is 20.6 Å². The minimum atomic E-state index is -0.459. The van der Waals surface area contributed by atoms with E-state index in [-0.39, 0.29) is 12.5 Å². The van der Waals surface area contributed by atoms with Crippen LogP contribution in [0.25, 0.3) is 0 Å². The molecule has 0 saturated carbocycles. The van der Waals surface area contributed by atoms with Crippen molar-refractivity contribution < 1.29 is 14.3 Å². The lowest BCUT2D eigenvalue weighted by atomic mass is 10.0. The number of anilines is 1. The largest absolute Gasteiger partial charge is 0.495 e. The van der Waals surface area contributed by atoms with Crippen LogP contribution in [0.4, 0.5) is 5.69 Å². The van der Waals surface area contributed by atoms with Crippen LogP contribution in [0.1, 0.15) is 49.2 Å². The molecule has 33 heavy (non-hydrogen) atoms. The fraction of sp³-hybridized carbons (Fsp3) is 0.375. The molecule has 0 aliphatic heterocycles. The van der Waals surface area contributed by atoms with E-state index in [0.29, 0.717) is 28.3 Å². The summed E-state index contributed by atoms with van der Waals surface area (Å²) in [4.78, 5) is 12.7. The summed E-state index contributed by atoms with van der Waals surface area (Å²) in [5.41, 5.74) is 3.88. The van der Waals surface area contributed by atoms with Gasteiger partial charge >= 0.3 is 0 Å². The number of nitrogen functional groups attached to an aromatic ring is 1. The monoisotopic (exact) mass is 469 g/mol. The van der Waals surface area contributed by atoms with Crippen LogP contribution in [0, 0.1) is 13.8 Å². The summed E-state index contributed by atoms with van der Waals surface area (Å²) in [5.74, 6) is 8.22. The number of carbonyl (C=O) groups excluding carboxylic acids is 1. The van der Waals surface area contributed by atoms with Gasteiger partial charge in [0.2, 0.25) is 11.1 Å². The molecule has 8 nitrogen and oxygen atoms in total. The van der Waals surface area contributed by atoms with E-state index in [4.69, 9.17) is 15.3 Å². The zero-order valence-corrected chi connectivity index (χ0v) is 20.7. The second-order valence-corrected chi connectivity index (χ2v) is 9.51. The minimum Gasteiger partial charge on any atom is -0.495 e. The number of nitrogens with one attached hydrogen (secondary N) is 1. The average molecular weight is 470 g/mol. The summed E-state index contributed by atoms with van der Waals surface area (Å²) >= 11 is 1.22. The maximum Gasteiger partial charge on any atom is 0.237 e. The predicted molar refractivity (Wildman–Crippen MR) is 131 cm³/mol. The van der Waals surface area contributed by atoms with Gasteiger partial charge in [-0.2, -0.15) is 0 Å². The SMILES string of the molecule is COc1ccc(C)cc1NC(=O)C(C)Sc1nnc(COc2cc(C)ccc2C(C)C)n1N. The van der Waals surface area contributed by atoms with Gasteiger partial charge in [0.25, 0.3) is 0 Å². The number of ether oxygens (including phenoxy) is 2. The molecule has 176 valence electrons. The first kappa shape index (κ1) is 24.4. The highest BCUT2D eigenvalue weighted by Gasteiger charge is 2.21. The van der Waals surface area contributed by atoms with Crippen LogP contribution in [0.15, 0.2) is 41.6 Å². The first-order valence-corrected chi connectivity index (χ1v) is 11.6. The molecule has 3 rings (SSSR count). The number of rotatable bonds is 9. The smallest absolute Gasteiger partial charge is 0.237 e. The first-order chi connectivity index (χ1) is 15.7. The van der Waals surface area contributed by atoms with Gasteiger partial charge < -0.3 is 20.6 Å². The third-order valence-electron chi connectivity index (χ3n) is 5.15. The average Bonchev–Trinajstić information content (AvgIpc) is 3.11. The van der Waals surface area contributed by atoms with Crippen LogP contribution in [0.2, 0.25) is 0 Å². The van der Waals surface area contributed by atoms with E-state index in [9.17, 15) is 4.79 Å². The Labute approximate surface area is 198 Å². The van der Waals surface area contributed by atoms with Crippen LogP contribution in [-0.4, -0.2) is 33.1 Å². The highest BCUT2D eigenvalue weighted by molar-refractivity contribution is 8.00. The van der Waals surface area contributed by atoms with Gasteiger partial charge in [-0.05, 0) is 61.6 Å². The van der Waals surface area contributed by atoms with Crippen molar-refractivity contribution in [3.05, 3.63) is 58.9 Å². The van der Waals surface area contributed by atoms with Gasteiger partial charge in [-0.15, -0.1) is 10.2 Å². The number of methoxy groups -OCH3 is 1. The van der Waals surface area contributed by atoms with E-state index in [1.54, 1.807) is 14.0 Å². The third-order valence-corrected chi connectivity index (χ3v) is 6.20. The zero-order valence-electron chi connectivity index (χ0n) is 19.9. The summed E-state index contributed by atoms with van der Waals surface area (Å²) < 4.78 is 12.7. The Morgan fingerprint density at radius 2 is 1.79 bits per heavy atom. The Morgan fingerprint density at radius 3 is 2.48 bits per heavy atom. The molecule has 3 aromatic rings. The maximum absolute atomic E-state index is 12.7. The fourth-order valence-corrected chi connectivity index (χ4v) is 4.03. The van der Waals surface area contributed by atoms with Crippen molar-refractivity contribution in [2.75, 3.05) is 18.3 Å². The molecule has 1 unspecified atom stereocenters. The normalized spacial score (nSPS) is 12.0. The Morgan fingerprint density at radius 1 is 1.09 bits per heavy atom. The van der Waals surface area contributed by atoms with Crippen LogP contribution in [-0.2, 0) is 11.4 Å². The van der Waals surface area contributed by atoms with E-state index >= 15 is 0 Å². The number of aromatic nitrogens is 3. The molecule has 1 heterocycles. The molecule has 0 fully saturated rings. The summed E-state index contributed by atoms with van der Waals surface area (Å²) in [6.07, 6.45) is 0. The number of aryl methyl sites for hydroxylation is 2. The number of nitrogens with zero attached hydrogens (tertiary/aromatic N) is 3. The summed E-state index contributed by atoms with van der Waals surface area (Å²) in [6.45, 7) is 10.2. The van der Waals surface area contributed by atoms with Gasteiger partial charge in [-0.1, -0.05) is 43.8 Å². The number of thioether (sulfide) groups is 1. The van der Waals surface area contributed by atoms with E-state index in [0.717, 1.165) is 22.4 Å². The maximum atomic E-state index is 12.7. The molecular weight excluding hydrogens is 438 g/mol. The van der Waals surface area contributed by atoms with Crippen LogP contribution >= 0.6 is 11.8 Å². The van der Waals surface area contributed by atoms with Gasteiger partial charge in [-0.3, -0.25) is 4.79 Å². The molecule has 0 radical (unpaired) electrons. The molecule has 3 N–H and O–H groups in total. The number of nitrogens with two attached hydrogens (primary N) is 1. The molecule has 9 heteroatoms. The molecule has 0 aliphatic carbocycles. The van der Waals surface area contributed by atoms with Crippen molar-refractivity contribution in [2.45, 2.75) is 57.5 Å². The van der Waals surface area contributed by atoms with Crippen molar-refractivity contribution in [1.29, 1.82) is 0 Å². The zero-order chi connectivity index (χ0) is 24.1. The van der Waals surface area contributed by atoms with Crippen LogP contribution in [0.5, 0.6) is 11.5 Å². The molecule has 1 amide bonds. The Balaban J connectivity index is 1.66. The lowest BCUT2D eigenvalue weighted by Crippen LogP contribution is -2.24. The number of hydrogen-bond acceptors (Lipinski definition) is 7. The second-order valence-electron chi connectivity index (χ2n) is 8.21. The Hall–Kier alpha value is -3.20. The van der Waals surface area contributed by atoms with E-state index in [1.807, 2.05) is 38.1 Å². The number of benzene rings is 2. The molecule has 1 aromatic heterocycles. The number of carbonyl (C=O) groups is 1. The summed E-state index contributed by atoms with van der Waals surface area (Å²) in [5, 5.41) is 11.2. The fourth-order valence-electron chi connectivity index (χ4n) is 3.24. The van der Waals surface area contributed by atoms with Crippen molar-refractivity contribution in [1.82, 2.24) is 14.9 Å².